The molecule has 0 unspecified atom stereocenters. The number of aliphatic carboxylic acids is 1. The number of carboxylic acids is 1. The number of aliphatic hydroxyl groups excluding tert-OH is 1. The molecule has 3 nitrogen and oxygen atoms in total. The van der Waals surface area contributed by atoms with Gasteiger partial charge >= 0.3 is 5.97 Å². The van der Waals surface area contributed by atoms with Crippen LogP contribution in [-0.4, -0.2) is 22.3 Å². The quantitative estimate of drug-likeness (QED) is 0.520. The highest BCUT2D eigenvalue weighted by molar-refractivity contribution is 5.67. The molecule has 2 N–H and O–H groups in total. The number of carboxylic acid groups (broad SMARTS) is 1. The fourth-order valence-electron chi connectivity index (χ4n) is 4.67. The van der Waals surface area contributed by atoms with Gasteiger partial charge in [0.1, 0.15) is 0 Å². The molecule has 0 aliphatic heterocycles. The summed E-state index contributed by atoms with van der Waals surface area (Å²) in [6, 6.07) is 0. The van der Waals surface area contributed by atoms with Crippen LogP contribution in [0.4, 0.5) is 0 Å². The molecule has 3 saturated carbocycles. The van der Waals surface area contributed by atoms with E-state index in [2.05, 4.69) is 26.8 Å². The minimum Gasteiger partial charge on any atom is -0.481 e. The minimum absolute atomic E-state index is 0.233. The van der Waals surface area contributed by atoms with Crippen molar-refractivity contribution in [2.75, 3.05) is 0 Å². The summed E-state index contributed by atoms with van der Waals surface area (Å²) in [7, 11) is 0. The molecule has 5 atom stereocenters. The van der Waals surface area contributed by atoms with Gasteiger partial charge in [0.2, 0.25) is 0 Å². The van der Waals surface area contributed by atoms with Gasteiger partial charge in [-0.2, -0.15) is 0 Å². The van der Waals surface area contributed by atoms with Crippen molar-refractivity contribution >= 4 is 5.97 Å². The van der Waals surface area contributed by atoms with E-state index in [9.17, 15) is 15.0 Å². The monoisotopic (exact) mass is 308 g/mol. The molecule has 0 saturated heterocycles. The maximum atomic E-state index is 11.2. The van der Waals surface area contributed by atoms with Crippen molar-refractivity contribution in [3.63, 3.8) is 0 Å². The Bertz CT molecular complexity index is 413. The van der Waals surface area contributed by atoms with Crippen LogP contribution in [0.1, 0.15) is 65.7 Å². The van der Waals surface area contributed by atoms with E-state index in [-0.39, 0.29) is 18.4 Å². The topological polar surface area (TPSA) is 57.5 Å². The molecular weight excluding hydrogens is 276 g/mol. The van der Waals surface area contributed by atoms with Crippen LogP contribution >= 0.6 is 0 Å². The van der Waals surface area contributed by atoms with Crippen LogP contribution in [0.2, 0.25) is 0 Å². The van der Waals surface area contributed by atoms with Crippen molar-refractivity contribution in [3.8, 4) is 0 Å². The predicted octanol–water partition coefficient (Wildman–Crippen LogP) is 4.26. The first-order chi connectivity index (χ1) is 10.4. The van der Waals surface area contributed by atoms with Crippen molar-refractivity contribution in [1.29, 1.82) is 0 Å². The van der Waals surface area contributed by atoms with Crippen molar-refractivity contribution in [2.24, 2.45) is 29.1 Å². The Morgan fingerprint density at radius 1 is 1.32 bits per heavy atom. The Kier molecular flexibility index (Phi) is 5.70. The van der Waals surface area contributed by atoms with E-state index in [0.717, 1.165) is 38.0 Å². The molecule has 0 aromatic heterocycles. The SMILES string of the molecule is CCCCC[C@@H](O)/C=C/[C@H]1C[C@H]2C[C@@H]([C@@H]1CC(=O)O)C2(C)C. The van der Waals surface area contributed by atoms with Gasteiger partial charge in [0.25, 0.3) is 0 Å². The Morgan fingerprint density at radius 3 is 2.64 bits per heavy atom. The molecule has 0 spiro atoms. The molecule has 0 aromatic carbocycles. The summed E-state index contributed by atoms with van der Waals surface area (Å²) in [5.74, 6) is 1.11. The molecule has 0 radical (unpaired) electrons. The predicted molar refractivity (Wildman–Crippen MR) is 88.5 cm³/mol. The zero-order valence-electron chi connectivity index (χ0n) is 14.3. The van der Waals surface area contributed by atoms with Gasteiger partial charge in [-0.3, -0.25) is 4.79 Å². The van der Waals surface area contributed by atoms with Crippen LogP contribution in [0, 0.1) is 29.1 Å². The first-order valence-corrected chi connectivity index (χ1v) is 8.94. The van der Waals surface area contributed by atoms with Crippen LogP contribution in [-0.2, 0) is 4.79 Å². The first kappa shape index (κ1) is 17.5. The van der Waals surface area contributed by atoms with Crippen LogP contribution in [0.3, 0.4) is 0 Å². The largest absolute Gasteiger partial charge is 0.481 e. The standard InChI is InChI=1S/C19H32O3/c1-4-5-6-7-15(20)9-8-13-10-14-11-17(19(14,2)3)16(13)12-18(21)22/h8-9,13-17,20H,4-7,10-12H2,1-3H3,(H,21,22)/b9-8+/t13-,14-,15+,16+,17-/m0/s1. The van der Waals surface area contributed by atoms with Crippen molar-refractivity contribution < 1.29 is 15.0 Å². The van der Waals surface area contributed by atoms with E-state index in [1.807, 2.05) is 6.08 Å². The van der Waals surface area contributed by atoms with Gasteiger partial charge in [0.15, 0.2) is 0 Å². The fourth-order valence-corrected chi connectivity index (χ4v) is 4.67. The Balaban J connectivity index is 1.95. The zero-order chi connectivity index (χ0) is 16.3. The third-order valence-electron chi connectivity index (χ3n) is 6.26. The van der Waals surface area contributed by atoms with E-state index >= 15 is 0 Å². The van der Waals surface area contributed by atoms with E-state index in [4.69, 9.17) is 0 Å². The van der Waals surface area contributed by atoms with Crippen LogP contribution in [0.5, 0.6) is 0 Å². The molecule has 3 fully saturated rings. The van der Waals surface area contributed by atoms with Crippen LogP contribution in [0.15, 0.2) is 12.2 Å². The highest BCUT2D eigenvalue weighted by Crippen LogP contribution is 2.64. The molecule has 0 aromatic rings. The number of rotatable bonds is 8. The third kappa shape index (κ3) is 3.73. The molecule has 3 aliphatic rings. The van der Waals surface area contributed by atoms with E-state index in [0.29, 0.717) is 17.3 Å². The van der Waals surface area contributed by atoms with Gasteiger partial charge in [0, 0.05) is 6.42 Å². The minimum atomic E-state index is -0.687. The van der Waals surface area contributed by atoms with E-state index in [1.54, 1.807) is 0 Å². The van der Waals surface area contributed by atoms with E-state index in [1.165, 1.54) is 6.42 Å². The molecule has 126 valence electrons. The summed E-state index contributed by atoms with van der Waals surface area (Å²) in [6.07, 6.45) is 10.4. The van der Waals surface area contributed by atoms with Crippen molar-refractivity contribution in [3.05, 3.63) is 12.2 Å². The maximum Gasteiger partial charge on any atom is 0.303 e. The summed E-state index contributed by atoms with van der Waals surface area (Å²) in [5, 5.41) is 19.3. The fraction of sp³-hybridized carbons (Fsp3) is 0.842. The summed E-state index contributed by atoms with van der Waals surface area (Å²) in [5.41, 5.74) is 0.296. The molecule has 2 bridgehead atoms. The lowest BCUT2D eigenvalue weighted by Crippen LogP contribution is -2.55. The molecule has 0 amide bonds. The number of fused-ring (bicyclic) bond motifs is 2. The van der Waals surface area contributed by atoms with Crippen molar-refractivity contribution in [2.45, 2.75) is 71.8 Å². The number of hydrogen-bond donors (Lipinski definition) is 2. The zero-order valence-corrected chi connectivity index (χ0v) is 14.3. The summed E-state index contributed by atoms with van der Waals surface area (Å²) < 4.78 is 0. The van der Waals surface area contributed by atoms with Gasteiger partial charge in [0.05, 0.1) is 6.10 Å². The number of unbranched alkanes of at least 4 members (excludes halogenated alkanes) is 2. The summed E-state index contributed by atoms with van der Waals surface area (Å²) >= 11 is 0. The highest BCUT2D eigenvalue weighted by Gasteiger charge is 2.57. The third-order valence-corrected chi connectivity index (χ3v) is 6.26. The van der Waals surface area contributed by atoms with Gasteiger partial charge < -0.3 is 10.2 Å². The number of hydrogen-bond acceptors (Lipinski definition) is 2. The lowest BCUT2D eigenvalue weighted by atomic mass is 9.43. The average Bonchev–Trinajstić information content (AvgIpc) is 2.45. The maximum absolute atomic E-state index is 11.2. The molecule has 22 heavy (non-hydrogen) atoms. The number of carbonyl (C=O) groups is 1. The van der Waals surface area contributed by atoms with Crippen LogP contribution in [0.25, 0.3) is 0 Å². The van der Waals surface area contributed by atoms with E-state index < -0.39 is 5.97 Å². The second kappa shape index (κ2) is 7.16. The van der Waals surface area contributed by atoms with Crippen LogP contribution < -0.4 is 0 Å². The Labute approximate surface area is 134 Å². The molecule has 0 heterocycles. The molecule has 3 rings (SSSR count). The van der Waals surface area contributed by atoms with Gasteiger partial charge in [-0.1, -0.05) is 52.2 Å². The second-order valence-corrected chi connectivity index (χ2v) is 7.97. The lowest BCUT2D eigenvalue weighted by Gasteiger charge is -2.62. The second-order valence-electron chi connectivity index (χ2n) is 7.97. The smallest absolute Gasteiger partial charge is 0.303 e. The molecule has 3 heteroatoms. The first-order valence-electron chi connectivity index (χ1n) is 8.94. The van der Waals surface area contributed by atoms with Gasteiger partial charge in [-0.05, 0) is 48.3 Å². The number of allylic oxidation sites excluding steroid dienone is 1. The molecule has 3 aliphatic carbocycles. The number of aliphatic hydroxyl groups is 1. The summed E-state index contributed by atoms with van der Waals surface area (Å²) in [4.78, 5) is 11.2. The van der Waals surface area contributed by atoms with Gasteiger partial charge in [-0.25, -0.2) is 0 Å². The average molecular weight is 308 g/mol. The molecular formula is C19H32O3. The summed E-state index contributed by atoms with van der Waals surface area (Å²) in [6.45, 7) is 6.75. The van der Waals surface area contributed by atoms with Crippen molar-refractivity contribution in [1.82, 2.24) is 0 Å². The normalized spacial score (nSPS) is 34.4. The lowest BCUT2D eigenvalue weighted by molar-refractivity contribution is -0.152. The Morgan fingerprint density at radius 2 is 2.05 bits per heavy atom. The highest BCUT2D eigenvalue weighted by atomic mass is 16.4. The Hall–Kier alpha value is -0.830. The van der Waals surface area contributed by atoms with Gasteiger partial charge in [-0.15, -0.1) is 0 Å².